The summed E-state index contributed by atoms with van der Waals surface area (Å²) in [7, 11) is 0. The quantitative estimate of drug-likeness (QED) is 0.849. The molecule has 1 N–H and O–H groups in total. The highest BCUT2D eigenvalue weighted by Gasteiger charge is 2.56. The maximum absolute atomic E-state index is 12.8. The number of ether oxygens (including phenoxy) is 2. The highest BCUT2D eigenvalue weighted by molar-refractivity contribution is 5.81. The summed E-state index contributed by atoms with van der Waals surface area (Å²) in [4.78, 5) is 29.0. The van der Waals surface area contributed by atoms with E-state index in [1.54, 1.807) is 27.7 Å². The molecular weight excluding hydrogens is 358 g/mol. The molecule has 28 heavy (non-hydrogen) atoms. The molecule has 4 rings (SSSR count). The van der Waals surface area contributed by atoms with E-state index in [1.807, 2.05) is 18.2 Å². The van der Waals surface area contributed by atoms with Crippen molar-refractivity contribution in [3.8, 4) is 0 Å². The van der Waals surface area contributed by atoms with Crippen LogP contribution in [0.3, 0.4) is 0 Å². The summed E-state index contributed by atoms with van der Waals surface area (Å²) >= 11 is 0. The highest BCUT2D eigenvalue weighted by Crippen LogP contribution is 2.47. The van der Waals surface area contributed by atoms with Gasteiger partial charge >= 0.3 is 12.2 Å². The van der Waals surface area contributed by atoms with Gasteiger partial charge in [0.2, 0.25) is 0 Å². The van der Waals surface area contributed by atoms with Crippen LogP contribution in [0.2, 0.25) is 0 Å². The predicted molar refractivity (Wildman–Crippen MR) is 105 cm³/mol. The van der Waals surface area contributed by atoms with E-state index in [2.05, 4.69) is 17.1 Å². The molecule has 1 aromatic heterocycles. The summed E-state index contributed by atoms with van der Waals surface area (Å²) in [6, 6.07) is 10.1. The molecule has 0 spiro atoms. The second-order valence-electron chi connectivity index (χ2n) is 8.17. The van der Waals surface area contributed by atoms with E-state index in [-0.39, 0.29) is 30.2 Å². The fourth-order valence-electron chi connectivity index (χ4n) is 4.40. The Morgan fingerprint density at radius 2 is 1.64 bits per heavy atom. The van der Waals surface area contributed by atoms with Gasteiger partial charge in [0, 0.05) is 17.1 Å². The van der Waals surface area contributed by atoms with Crippen LogP contribution in [0.25, 0.3) is 10.9 Å². The standard InChI is InChI=1S/C21H27N3O4/c1-12(2)27-20(25)23-15-10-16(18-9-14-7-5-6-8-17(14)22-18)19(11-15)24(23)21(26)28-13(3)4/h5-9,12-13,15-16,19,22H,10-11H2,1-4H3. The third-order valence-electron chi connectivity index (χ3n) is 5.39. The molecule has 2 fully saturated rings. The first kappa shape index (κ1) is 18.7. The minimum absolute atomic E-state index is 0.0765. The number of H-pyrrole nitrogens is 1. The normalized spacial score (nSPS) is 23.9. The van der Waals surface area contributed by atoms with E-state index in [0.29, 0.717) is 0 Å². The number of para-hydroxylation sites is 1. The number of nitrogens with one attached hydrogen (secondary N) is 1. The Bertz CT molecular complexity index is 858. The average molecular weight is 385 g/mol. The fourth-order valence-corrected chi connectivity index (χ4v) is 4.40. The van der Waals surface area contributed by atoms with Gasteiger partial charge in [-0.25, -0.2) is 19.6 Å². The molecule has 2 aliphatic rings. The number of hydrazine groups is 1. The topological polar surface area (TPSA) is 74.9 Å². The van der Waals surface area contributed by atoms with Crippen molar-refractivity contribution in [3.05, 3.63) is 36.0 Å². The molecule has 3 atom stereocenters. The number of carbonyl (C=O) groups excluding carboxylic acids is 2. The predicted octanol–water partition coefficient (Wildman–Crippen LogP) is 4.41. The van der Waals surface area contributed by atoms with Crippen molar-refractivity contribution in [1.82, 2.24) is 15.0 Å². The Morgan fingerprint density at radius 3 is 2.29 bits per heavy atom. The van der Waals surface area contributed by atoms with Crippen LogP contribution < -0.4 is 0 Å². The van der Waals surface area contributed by atoms with Crippen molar-refractivity contribution in [2.75, 3.05) is 0 Å². The third-order valence-corrected chi connectivity index (χ3v) is 5.39. The minimum Gasteiger partial charge on any atom is -0.445 e. The Morgan fingerprint density at radius 1 is 1.00 bits per heavy atom. The van der Waals surface area contributed by atoms with Crippen LogP contribution in [-0.2, 0) is 9.47 Å². The molecule has 2 amide bonds. The van der Waals surface area contributed by atoms with Crippen molar-refractivity contribution in [2.45, 2.75) is 70.7 Å². The number of hydrogen-bond acceptors (Lipinski definition) is 4. The van der Waals surface area contributed by atoms with Gasteiger partial charge in [0.1, 0.15) is 0 Å². The monoisotopic (exact) mass is 385 g/mol. The molecule has 1 aliphatic carbocycles. The lowest BCUT2D eigenvalue weighted by Gasteiger charge is -2.40. The van der Waals surface area contributed by atoms with E-state index in [1.165, 1.54) is 10.0 Å². The summed E-state index contributed by atoms with van der Waals surface area (Å²) in [6.45, 7) is 7.21. The lowest BCUT2D eigenvalue weighted by atomic mass is 9.98. The Kier molecular flexibility index (Phi) is 4.69. The van der Waals surface area contributed by atoms with Crippen LogP contribution in [0.5, 0.6) is 0 Å². The van der Waals surface area contributed by atoms with Crippen molar-refractivity contribution < 1.29 is 19.1 Å². The zero-order valence-corrected chi connectivity index (χ0v) is 16.7. The second-order valence-corrected chi connectivity index (χ2v) is 8.17. The summed E-state index contributed by atoms with van der Waals surface area (Å²) in [5, 5.41) is 4.09. The lowest BCUT2D eigenvalue weighted by Crippen LogP contribution is -2.56. The van der Waals surface area contributed by atoms with Crippen molar-refractivity contribution in [1.29, 1.82) is 0 Å². The average Bonchev–Trinajstić information content (AvgIpc) is 3.31. The number of rotatable bonds is 3. The summed E-state index contributed by atoms with van der Waals surface area (Å²) < 4.78 is 10.8. The number of fused-ring (bicyclic) bond motifs is 3. The Balaban J connectivity index is 1.64. The van der Waals surface area contributed by atoms with Gasteiger partial charge in [-0.05, 0) is 58.1 Å². The van der Waals surface area contributed by atoms with Gasteiger partial charge in [0.15, 0.2) is 0 Å². The van der Waals surface area contributed by atoms with Crippen molar-refractivity contribution in [3.63, 3.8) is 0 Å². The molecule has 7 heteroatoms. The largest absolute Gasteiger partial charge is 0.445 e. The summed E-state index contributed by atoms with van der Waals surface area (Å²) in [5.41, 5.74) is 2.17. The number of amides is 2. The number of hydrogen-bond donors (Lipinski definition) is 1. The zero-order valence-electron chi connectivity index (χ0n) is 16.7. The second kappa shape index (κ2) is 7.04. The highest BCUT2D eigenvalue weighted by atomic mass is 16.6. The molecule has 150 valence electrons. The van der Waals surface area contributed by atoms with Crippen LogP contribution >= 0.6 is 0 Å². The molecule has 1 saturated heterocycles. The van der Waals surface area contributed by atoms with Crippen LogP contribution in [0.4, 0.5) is 9.59 Å². The van der Waals surface area contributed by atoms with Crippen LogP contribution in [0, 0.1) is 0 Å². The molecule has 1 aromatic carbocycles. The first-order chi connectivity index (χ1) is 13.3. The Labute approximate surface area is 164 Å². The van der Waals surface area contributed by atoms with E-state index < -0.39 is 12.2 Å². The molecule has 1 aliphatic heterocycles. The third kappa shape index (κ3) is 3.19. The number of aromatic amines is 1. The van der Waals surface area contributed by atoms with Crippen LogP contribution in [0.15, 0.2) is 30.3 Å². The van der Waals surface area contributed by atoms with Gasteiger partial charge in [0.05, 0.1) is 24.3 Å². The number of carbonyl (C=O) groups is 2. The molecule has 2 heterocycles. The summed E-state index contributed by atoms with van der Waals surface area (Å²) in [5.74, 6) is 0.125. The zero-order chi connectivity index (χ0) is 20.0. The van der Waals surface area contributed by atoms with E-state index >= 15 is 0 Å². The molecule has 2 aromatic rings. The van der Waals surface area contributed by atoms with Gasteiger partial charge in [-0.1, -0.05) is 18.2 Å². The lowest BCUT2D eigenvalue weighted by molar-refractivity contribution is -0.0565. The van der Waals surface area contributed by atoms with Crippen molar-refractivity contribution in [2.24, 2.45) is 0 Å². The van der Waals surface area contributed by atoms with Crippen molar-refractivity contribution >= 4 is 23.1 Å². The SMILES string of the molecule is CC(C)OC(=O)N1C2CC(c3cc4ccccc4[nH]3)C(C2)N1C(=O)OC(C)C. The van der Waals surface area contributed by atoms with Crippen LogP contribution in [0.1, 0.15) is 52.1 Å². The molecule has 2 bridgehead atoms. The first-order valence-corrected chi connectivity index (χ1v) is 9.92. The summed E-state index contributed by atoms with van der Waals surface area (Å²) in [6.07, 6.45) is 0.0128. The van der Waals surface area contributed by atoms with E-state index in [0.717, 1.165) is 29.4 Å². The Hall–Kier alpha value is -2.70. The number of nitrogens with zero attached hydrogens (tertiary/aromatic N) is 2. The molecule has 0 radical (unpaired) electrons. The molecular formula is C21H27N3O4. The van der Waals surface area contributed by atoms with Gasteiger partial charge in [0.25, 0.3) is 0 Å². The fraction of sp³-hybridized carbons (Fsp3) is 0.524. The van der Waals surface area contributed by atoms with Crippen LogP contribution in [-0.4, -0.2) is 51.5 Å². The number of aromatic nitrogens is 1. The minimum atomic E-state index is -0.496. The molecule has 1 saturated carbocycles. The van der Waals surface area contributed by atoms with E-state index in [9.17, 15) is 9.59 Å². The first-order valence-electron chi connectivity index (χ1n) is 9.92. The smallest absolute Gasteiger partial charge is 0.429 e. The van der Waals surface area contributed by atoms with Gasteiger partial charge in [-0.3, -0.25) is 0 Å². The van der Waals surface area contributed by atoms with Gasteiger partial charge in [-0.2, -0.15) is 0 Å². The maximum atomic E-state index is 12.8. The maximum Gasteiger partial charge on any atom is 0.429 e. The molecule has 7 nitrogen and oxygen atoms in total. The number of benzene rings is 1. The van der Waals surface area contributed by atoms with Gasteiger partial charge < -0.3 is 14.5 Å². The van der Waals surface area contributed by atoms with Gasteiger partial charge in [-0.15, -0.1) is 0 Å². The molecule has 3 unspecified atom stereocenters. The van der Waals surface area contributed by atoms with E-state index in [4.69, 9.17) is 9.47 Å².